The minimum Gasteiger partial charge on any atom is -0.497 e. The molecule has 1 atom stereocenters. The average molecular weight is 572 g/mol. The second-order valence-electron chi connectivity index (χ2n) is 8.85. The first-order valence-electron chi connectivity index (χ1n) is 12.4. The van der Waals surface area contributed by atoms with Crippen molar-refractivity contribution in [2.45, 2.75) is 23.5 Å². The van der Waals surface area contributed by atoms with Gasteiger partial charge in [0.2, 0.25) is 5.91 Å². The third-order valence-corrected chi connectivity index (χ3v) is 8.53. The molecule has 0 spiro atoms. The molecule has 0 aliphatic heterocycles. The van der Waals surface area contributed by atoms with Gasteiger partial charge in [-0.3, -0.25) is 9.59 Å². The lowest BCUT2D eigenvalue weighted by Crippen LogP contribution is -2.24. The van der Waals surface area contributed by atoms with E-state index in [4.69, 9.17) is 4.74 Å². The quantitative estimate of drug-likeness (QED) is 0.164. The van der Waals surface area contributed by atoms with Crippen molar-refractivity contribution < 1.29 is 24.2 Å². The second kappa shape index (κ2) is 11.8. The number of aromatic nitrogens is 1. The molecule has 1 unspecified atom stereocenters. The molecule has 0 aliphatic carbocycles. The van der Waals surface area contributed by atoms with Gasteiger partial charge in [-0.15, -0.1) is 11.8 Å². The van der Waals surface area contributed by atoms with Crippen LogP contribution in [0.1, 0.15) is 34.1 Å². The first kappa shape index (κ1) is 27.2. The highest BCUT2D eigenvalue weighted by molar-refractivity contribution is 8.00. The summed E-state index contributed by atoms with van der Waals surface area (Å²) in [4.78, 5) is 43.4. The number of ether oxygens (including phenoxy) is 1. The Morgan fingerprint density at radius 2 is 1.73 bits per heavy atom. The summed E-state index contributed by atoms with van der Waals surface area (Å²) in [5.41, 5.74) is 1.66. The monoisotopic (exact) mass is 571 g/mol. The van der Waals surface area contributed by atoms with Crippen molar-refractivity contribution in [1.29, 1.82) is 0 Å². The van der Waals surface area contributed by atoms with E-state index in [2.05, 4.69) is 15.6 Å². The van der Waals surface area contributed by atoms with Crippen LogP contribution < -0.4 is 15.4 Å². The molecule has 0 bridgehead atoms. The minimum absolute atomic E-state index is 0.0663. The van der Waals surface area contributed by atoms with Crippen molar-refractivity contribution in [3.8, 4) is 5.75 Å². The molecule has 10 heteroatoms. The zero-order chi connectivity index (χ0) is 28.2. The molecular formula is C30H25N3O5S2. The predicted octanol–water partition coefficient (Wildman–Crippen LogP) is 6.92. The van der Waals surface area contributed by atoms with Gasteiger partial charge in [0.15, 0.2) is 5.13 Å². The summed E-state index contributed by atoms with van der Waals surface area (Å²) >= 11 is 2.77. The number of fused-ring (bicyclic) bond motifs is 2. The summed E-state index contributed by atoms with van der Waals surface area (Å²) in [5.74, 6) is -0.951. The number of hydrogen-bond donors (Lipinski definition) is 3. The highest BCUT2D eigenvalue weighted by Gasteiger charge is 2.21. The van der Waals surface area contributed by atoms with Gasteiger partial charge in [0.05, 0.1) is 28.1 Å². The van der Waals surface area contributed by atoms with Gasteiger partial charge >= 0.3 is 5.97 Å². The lowest BCUT2D eigenvalue weighted by molar-refractivity contribution is -0.115. The number of thioether (sulfide) groups is 1. The van der Waals surface area contributed by atoms with Crippen LogP contribution in [0.3, 0.4) is 0 Å². The maximum atomic E-state index is 13.2. The van der Waals surface area contributed by atoms with Gasteiger partial charge < -0.3 is 20.5 Å². The number of aromatic carboxylic acids is 1. The molecule has 4 aromatic carbocycles. The lowest BCUT2D eigenvalue weighted by Gasteiger charge is -2.15. The molecule has 2 amide bonds. The predicted molar refractivity (Wildman–Crippen MR) is 160 cm³/mol. The Morgan fingerprint density at radius 1 is 0.975 bits per heavy atom. The highest BCUT2D eigenvalue weighted by atomic mass is 32.2. The van der Waals surface area contributed by atoms with Gasteiger partial charge in [-0.2, -0.15) is 0 Å². The molecule has 5 rings (SSSR count). The number of hydrogen-bond acceptors (Lipinski definition) is 7. The number of carbonyl (C=O) groups excluding carboxylic acids is 2. The van der Waals surface area contributed by atoms with Gasteiger partial charge in [0.25, 0.3) is 5.91 Å². The van der Waals surface area contributed by atoms with Crippen LogP contribution in [0.5, 0.6) is 5.75 Å². The van der Waals surface area contributed by atoms with Crippen molar-refractivity contribution in [2.75, 3.05) is 17.7 Å². The number of thiazole rings is 1. The molecule has 0 aliphatic rings. The van der Waals surface area contributed by atoms with E-state index < -0.39 is 11.9 Å². The lowest BCUT2D eigenvalue weighted by atomic mass is 9.98. The summed E-state index contributed by atoms with van der Waals surface area (Å²) in [5, 5.41) is 16.6. The first-order chi connectivity index (χ1) is 19.4. The zero-order valence-corrected chi connectivity index (χ0v) is 23.3. The standard InChI is InChI=1S/C30H25N3O5S2/c1-3-24(28(35)33-30-32-23-14-13-19(38-2)16-25(23)40-30)39-20-10-6-9-18(15-20)31-27(34)21-11-4-7-17-8-5-12-22(26(17)21)29(36)37/h4-16,24H,3H2,1-2H3,(H,31,34)(H,36,37)(H,32,33,35). The van der Waals surface area contributed by atoms with Crippen LogP contribution in [0.4, 0.5) is 10.8 Å². The van der Waals surface area contributed by atoms with E-state index in [9.17, 15) is 19.5 Å². The highest BCUT2D eigenvalue weighted by Crippen LogP contribution is 2.32. The molecule has 202 valence electrons. The van der Waals surface area contributed by atoms with E-state index in [-0.39, 0.29) is 22.3 Å². The number of nitrogens with one attached hydrogen (secondary N) is 2. The van der Waals surface area contributed by atoms with Crippen LogP contribution in [0.25, 0.3) is 21.0 Å². The fourth-order valence-electron chi connectivity index (χ4n) is 4.31. The molecule has 8 nitrogen and oxygen atoms in total. The van der Waals surface area contributed by atoms with E-state index in [0.29, 0.717) is 28.0 Å². The Balaban J connectivity index is 1.31. The third-order valence-electron chi connectivity index (χ3n) is 6.24. The summed E-state index contributed by atoms with van der Waals surface area (Å²) in [6.07, 6.45) is 0.583. The van der Waals surface area contributed by atoms with Crippen molar-refractivity contribution in [2.24, 2.45) is 0 Å². The Labute approximate surface area is 238 Å². The smallest absolute Gasteiger partial charge is 0.336 e. The van der Waals surface area contributed by atoms with Gasteiger partial charge in [-0.25, -0.2) is 9.78 Å². The van der Waals surface area contributed by atoms with E-state index in [1.165, 1.54) is 29.2 Å². The molecule has 40 heavy (non-hydrogen) atoms. The van der Waals surface area contributed by atoms with Crippen LogP contribution in [-0.2, 0) is 4.79 Å². The number of nitrogens with zero attached hydrogens (tertiary/aromatic N) is 1. The first-order valence-corrected chi connectivity index (χ1v) is 14.1. The maximum absolute atomic E-state index is 13.2. The van der Waals surface area contributed by atoms with Gasteiger partial charge in [0, 0.05) is 21.5 Å². The van der Waals surface area contributed by atoms with E-state index in [0.717, 1.165) is 20.9 Å². The minimum atomic E-state index is -1.10. The van der Waals surface area contributed by atoms with Crippen molar-refractivity contribution in [1.82, 2.24) is 4.98 Å². The summed E-state index contributed by atoms with van der Waals surface area (Å²) in [6.45, 7) is 1.94. The van der Waals surface area contributed by atoms with Gasteiger partial charge in [0.1, 0.15) is 5.75 Å². The molecule has 0 radical (unpaired) electrons. The number of carboxylic acids is 1. The van der Waals surface area contributed by atoms with Crippen LogP contribution in [-0.4, -0.2) is 40.2 Å². The molecule has 3 N–H and O–H groups in total. The Bertz CT molecular complexity index is 1750. The number of amides is 2. The van der Waals surface area contributed by atoms with Crippen LogP contribution in [0.15, 0.2) is 83.8 Å². The maximum Gasteiger partial charge on any atom is 0.336 e. The number of carbonyl (C=O) groups is 3. The summed E-state index contributed by atoms with van der Waals surface area (Å²) < 4.78 is 6.18. The SMILES string of the molecule is CCC(Sc1cccc(NC(=O)c2cccc3cccc(C(=O)O)c23)c1)C(=O)Nc1nc2ccc(OC)cc2s1. The average Bonchev–Trinajstić information content (AvgIpc) is 3.36. The van der Waals surface area contributed by atoms with Crippen molar-refractivity contribution >= 4 is 72.7 Å². The summed E-state index contributed by atoms with van der Waals surface area (Å²) in [6, 6.07) is 22.8. The fraction of sp³-hybridized carbons (Fsp3) is 0.133. The Morgan fingerprint density at radius 3 is 2.45 bits per heavy atom. The third kappa shape index (κ3) is 5.78. The Kier molecular flexibility index (Phi) is 7.99. The normalized spacial score (nSPS) is 11.8. The largest absolute Gasteiger partial charge is 0.497 e. The van der Waals surface area contributed by atoms with Crippen molar-refractivity contribution in [3.05, 3.63) is 90.0 Å². The van der Waals surface area contributed by atoms with Gasteiger partial charge in [-0.05, 0) is 60.3 Å². The molecule has 0 fully saturated rings. The number of methoxy groups -OCH3 is 1. The van der Waals surface area contributed by atoms with E-state index in [1.54, 1.807) is 55.6 Å². The molecule has 5 aromatic rings. The summed E-state index contributed by atoms with van der Waals surface area (Å²) in [7, 11) is 1.60. The van der Waals surface area contributed by atoms with Crippen LogP contribution in [0.2, 0.25) is 0 Å². The van der Waals surface area contributed by atoms with Gasteiger partial charge in [-0.1, -0.05) is 48.6 Å². The molecule has 0 saturated heterocycles. The molecule has 0 saturated carbocycles. The van der Waals surface area contributed by atoms with E-state index >= 15 is 0 Å². The number of rotatable bonds is 9. The Hall–Kier alpha value is -4.41. The zero-order valence-electron chi connectivity index (χ0n) is 21.6. The van der Waals surface area contributed by atoms with Crippen molar-refractivity contribution in [3.63, 3.8) is 0 Å². The molecular weight excluding hydrogens is 546 g/mol. The fourth-order valence-corrected chi connectivity index (χ4v) is 6.22. The van der Waals surface area contributed by atoms with Crippen LogP contribution >= 0.6 is 23.1 Å². The molecule has 1 aromatic heterocycles. The molecule has 1 heterocycles. The topological polar surface area (TPSA) is 118 Å². The van der Waals surface area contributed by atoms with Crippen LogP contribution in [0, 0.1) is 0 Å². The van der Waals surface area contributed by atoms with E-state index in [1.807, 2.05) is 31.2 Å². The number of benzene rings is 4. The second-order valence-corrected chi connectivity index (χ2v) is 11.2. The number of anilines is 2. The number of carboxylic acid groups (broad SMARTS) is 1.